The number of nitrogen functional groups attached to an aromatic ring is 1. The van der Waals surface area contributed by atoms with Gasteiger partial charge in [-0.3, -0.25) is 4.79 Å². The number of ether oxygens (including phenoxy) is 1. The van der Waals surface area contributed by atoms with E-state index in [1.807, 2.05) is 11.0 Å². The molecular formula is C24H32N6O2. The van der Waals surface area contributed by atoms with Crippen molar-refractivity contribution in [2.24, 2.45) is 0 Å². The standard InChI is InChI=1S/C24H32N6O2/c1-23(2)11-16(12-24(3,4)29-23)9-21(31)30-7-8-32-19(14-30)22-18(13-26-15-28-22)17-5-6-27-20(25)10-17/h5-6,10-11,13,15,19,29H,7-9,12,14H2,1-4H3,(H2,25,27)/t19-/m0/s1. The molecule has 2 aliphatic rings. The molecule has 0 aromatic carbocycles. The number of aromatic nitrogens is 3. The molecule has 8 nitrogen and oxygen atoms in total. The number of rotatable bonds is 4. The third kappa shape index (κ3) is 5.14. The van der Waals surface area contributed by atoms with Gasteiger partial charge in [0.15, 0.2) is 0 Å². The first-order chi connectivity index (χ1) is 15.1. The zero-order chi connectivity index (χ0) is 22.9. The highest BCUT2D eigenvalue weighted by atomic mass is 16.5. The minimum Gasteiger partial charge on any atom is -0.384 e. The first-order valence-electron chi connectivity index (χ1n) is 11.0. The summed E-state index contributed by atoms with van der Waals surface area (Å²) in [5.74, 6) is 0.557. The molecule has 1 amide bonds. The summed E-state index contributed by atoms with van der Waals surface area (Å²) in [6.45, 7) is 10.2. The van der Waals surface area contributed by atoms with E-state index in [2.05, 4.69) is 54.0 Å². The van der Waals surface area contributed by atoms with Crippen molar-refractivity contribution in [2.75, 3.05) is 25.4 Å². The summed E-state index contributed by atoms with van der Waals surface area (Å²) in [6.07, 6.45) is 8.09. The first-order valence-corrected chi connectivity index (χ1v) is 11.0. The number of morpholine rings is 1. The molecule has 4 rings (SSSR count). The van der Waals surface area contributed by atoms with Crippen molar-refractivity contribution >= 4 is 11.7 Å². The average molecular weight is 437 g/mol. The molecule has 0 saturated carbocycles. The lowest BCUT2D eigenvalue weighted by Gasteiger charge is -2.41. The SMILES string of the molecule is CC1(C)C=C(CC(=O)N2CCO[C@H](c3ncncc3-c3ccnc(N)c3)C2)CC(C)(C)N1. The van der Waals surface area contributed by atoms with Crippen molar-refractivity contribution in [3.63, 3.8) is 0 Å². The summed E-state index contributed by atoms with van der Waals surface area (Å²) in [5.41, 5.74) is 9.35. The molecule has 0 radical (unpaired) electrons. The van der Waals surface area contributed by atoms with E-state index in [9.17, 15) is 4.79 Å². The fraction of sp³-hybridized carbons (Fsp3) is 0.500. The number of nitrogens with one attached hydrogen (secondary N) is 1. The van der Waals surface area contributed by atoms with E-state index in [1.165, 1.54) is 11.9 Å². The van der Waals surface area contributed by atoms with Gasteiger partial charge in [0.25, 0.3) is 0 Å². The molecule has 4 heterocycles. The average Bonchev–Trinajstić information content (AvgIpc) is 2.71. The van der Waals surface area contributed by atoms with Gasteiger partial charge in [-0.05, 0) is 51.8 Å². The van der Waals surface area contributed by atoms with Crippen LogP contribution in [0.5, 0.6) is 0 Å². The van der Waals surface area contributed by atoms with E-state index in [0.717, 1.165) is 23.2 Å². The van der Waals surface area contributed by atoms with Gasteiger partial charge in [-0.15, -0.1) is 0 Å². The number of hydrogen-bond donors (Lipinski definition) is 2. The van der Waals surface area contributed by atoms with Gasteiger partial charge in [0.1, 0.15) is 18.2 Å². The van der Waals surface area contributed by atoms with Crippen LogP contribution in [0.3, 0.4) is 0 Å². The lowest BCUT2D eigenvalue weighted by Crippen LogP contribution is -2.54. The smallest absolute Gasteiger partial charge is 0.226 e. The Hall–Kier alpha value is -2.84. The second-order valence-electron chi connectivity index (χ2n) is 9.88. The van der Waals surface area contributed by atoms with Crippen molar-refractivity contribution in [3.8, 4) is 11.1 Å². The highest BCUT2D eigenvalue weighted by Crippen LogP contribution is 2.32. The van der Waals surface area contributed by atoms with E-state index < -0.39 is 0 Å². The molecule has 2 aromatic rings. The van der Waals surface area contributed by atoms with Crippen LogP contribution in [0.4, 0.5) is 5.82 Å². The minimum atomic E-state index is -0.324. The summed E-state index contributed by atoms with van der Waals surface area (Å²) >= 11 is 0. The van der Waals surface area contributed by atoms with E-state index in [0.29, 0.717) is 31.9 Å². The van der Waals surface area contributed by atoms with Crippen molar-refractivity contribution in [3.05, 3.63) is 48.2 Å². The predicted octanol–water partition coefficient (Wildman–Crippen LogP) is 2.89. The van der Waals surface area contributed by atoms with Crippen molar-refractivity contribution in [2.45, 2.75) is 57.7 Å². The van der Waals surface area contributed by atoms with E-state index in [-0.39, 0.29) is 23.1 Å². The summed E-state index contributed by atoms with van der Waals surface area (Å²) in [4.78, 5) is 27.9. The van der Waals surface area contributed by atoms with Crippen LogP contribution in [0.2, 0.25) is 0 Å². The molecule has 0 aliphatic carbocycles. The Balaban J connectivity index is 1.51. The monoisotopic (exact) mass is 436 g/mol. The van der Waals surface area contributed by atoms with Crippen LogP contribution in [0.15, 0.2) is 42.5 Å². The largest absolute Gasteiger partial charge is 0.384 e. The van der Waals surface area contributed by atoms with Crippen LogP contribution in [0.1, 0.15) is 52.3 Å². The topological polar surface area (TPSA) is 106 Å². The zero-order valence-corrected chi connectivity index (χ0v) is 19.3. The van der Waals surface area contributed by atoms with Crippen molar-refractivity contribution < 1.29 is 9.53 Å². The fourth-order valence-electron chi connectivity index (χ4n) is 4.98. The Morgan fingerprint density at radius 3 is 2.88 bits per heavy atom. The van der Waals surface area contributed by atoms with Crippen LogP contribution in [-0.2, 0) is 9.53 Å². The number of nitrogens with two attached hydrogens (primary N) is 1. The van der Waals surface area contributed by atoms with E-state index in [1.54, 1.807) is 18.5 Å². The van der Waals surface area contributed by atoms with Gasteiger partial charge in [0.05, 0.1) is 18.8 Å². The fourth-order valence-corrected chi connectivity index (χ4v) is 4.98. The molecule has 1 atom stereocenters. The van der Waals surface area contributed by atoms with Crippen LogP contribution >= 0.6 is 0 Å². The molecule has 0 unspecified atom stereocenters. The molecule has 0 bridgehead atoms. The van der Waals surface area contributed by atoms with E-state index >= 15 is 0 Å². The zero-order valence-electron chi connectivity index (χ0n) is 19.3. The minimum absolute atomic E-state index is 0.0380. The number of amides is 1. The molecule has 32 heavy (non-hydrogen) atoms. The summed E-state index contributed by atoms with van der Waals surface area (Å²) in [6, 6.07) is 3.67. The highest BCUT2D eigenvalue weighted by Gasteiger charge is 2.34. The number of anilines is 1. The third-order valence-corrected chi connectivity index (χ3v) is 5.83. The molecular weight excluding hydrogens is 404 g/mol. The number of carbonyl (C=O) groups excluding carboxylic acids is 1. The Kier molecular flexibility index (Phi) is 6.01. The van der Waals surface area contributed by atoms with Crippen molar-refractivity contribution in [1.82, 2.24) is 25.2 Å². The Labute approximate surface area is 189 Å². The van der Waals surface area contributed by atoms with Gasteiger partial charge in [-0.25, -0.2) is 15.0 Å². The summed E-state index contributed by atoms with van der Waals surface area (Å²) in [7, 11) is 0. The number of carbonyl (C=O) groups is 1. The lowest BCUT2D eigenvalue weighted by molar-refractivity contribution is -0.138. The third-order valence-electron chi connectivity index (χ3n) is 5.83. The molecule has 2 aliphatic heterocycles. The molecule has 2 aromatic heterocycles. The maximum Gasteiger partial charge on any atom is 0.226 e. The van der Waals surface area contributed by atoms with Crippen LogP contribution < -0.4 is 11.1 Å². The van der Waals surface area contributed by atoms with Crippen molar-refractivity contribution in [1.29, 1.82) is 0 Å². The lowest BCUT2D eigenvalue weighted by atomic mass is 9.82. The Bertz CT molecular complexity index is 1030. The molecule has 1 saturated heterocycles. The van der Waals surface area contributed by atoms with Gasteiger partial charge >= 0.3 is 0 Å². The highest BCUT2D eigenvalue weighted by molar-refractivity contribution is 5.79. The maximum atomic E-state index is 13.2. The van der Waals surface area contributed by atoms with Gasteiger partial charge in [-0.1, -0.05) is 11.6 Å². The van der Waals surface area contributed by atoms with E-state index in [4.69, 9.17) is 10.5 Å². The Morgan fingerprint density at radius 1 is 1.31 bits per heavy atom. The first kappa shape index (κ1) is 22.4. The number of hydrogen-bond acceptors (Lipinski definition) is 7. The molecule has 170 valence electrons. The predicted molar refractivity (Wildman–Crippen MR) is 124 cm³/mol. The Morgan fingerprint density at radius 2 is 2.12 bits per heavy atom. The molecule has 0 spiro atoms. The second kappa shape index (κ2) is 8.60. The van der Waals surface area contributed by atoms with Crippen LogP contribution in [0.25, 0.3) is 11.1 Å². The van der Waals surface area contributed by atoms with Gasteiger partial charge in [-0.2, -0.15) is 0 Å². The number of nitrogens with zero attached hydrogens (tertiary/aromatic N) is 4. The van der Waals surface area contributed by atoms with Crippen LogP contribution in [0, 0.1) is 0 Å². The summed E-state index contributed by atoms with van der Waals surface area (Å²) in [5, 5.41) is 3.62. The molecule has 3 N–H and O–H groups in total. The molecule has 8 heteroatoms. The number of pyridine rings is 1. The molecule has 1 fully saturated rings. The van der Waals surface area contributed by atoms with Crippen LogP contribution in [-0.4, -0.2) is 56.5 Å². The van der Waals surface area contributed by atoms with Gasteiger partial charge in [0, 0.05) is 42.0 Å². The second-order valence-corrected chi connectivity index (χ2v) is 9.88. The van der Waals surface area contributed by atoms with Gasteiger partial charge < -0.3 is 20.7 Å². The quantitative estimate of drug-likeness (QED) is 0.710. The summed E-state index contributed by atoms with van der Waals surface area (Å²) < 4.78 is 6.04. The normalized spacial score (nSPS) is 22.3. The maximum absolute atomic E-state index is 13.2. The van der Waals surface area contributed by atoms with Gasteiger partial charge in [0.2, 0.25) is 5.91 Å².